The number of hydrogen-bond donors (Lipinski definition) is 2. The molecule has 0 bridgehead atoms. The zero-order chi connectivity index (χ0) is 14.0. The Hall–Kier alpha value is -1.14. The molecule has 1 aliphatic carbocycles. The first kappa shape index (κ1) is 14.3. The number of hydrogen-bond acceptors (Lipinski definition) is 4. The van der Waals surface area contributed by atoms with E-state index in [0.29, 0.717) is 26.0 Å². The van der Waals surface area contributed by atoms with Crippen LogP contribution in [-0.2, 0) is 19.1 Å². The lowest BCUT2D eigenvalue weighted by molar-refractivity contribution is -0.146. The number of aliphatic carboxylic acids is 1. The first-order valence-corrected chi connectivity index (χ1v) is 6.71. The summed E-state index contributed by atoms with van der Waals surface area (Å²) >= 11 is 0. The summed E-state index contributed by atoms with van der Waals surface area (Å²) < 4.78 is 11.0. The summed E-state index contributed by atoms with van der Waals surface area (Å²) in [7, 11) is 0. The number of carboxylic acids is 1. The summed E-state index contributed by atoms with van der Waals surface area (Å²) in [6, 6.07) is 0. The van der Waals surface area contributed by atoms with E-state index < -0.39 is 23.6 Å². The van der Waals surface area contributed by atoms with Gasteiger partial charge in [0.25, 0.3) is 0 Å². The van der Waals surface area contributed by atoms with Crippen LogP contribution in [0.15, 0.2) is 0 Å². The van der Waals surface area contributed by atoms with Crippen molar-refractivity contribution in [2.75, 3.05) is 13.2 Å². The van der Waals surface area contributed by atoms with E-state index in [4.69, 9.17) is 14.6 Å². The molecule has 6 heteroatoms. The molecule has 0 aromatic rings. The predicted molar refractivity (Wildman–Crippen MR) is 66.4 cm³/mol. The summed E-state index contributed by atoms with van der Waals surface area (Å²) in [5.74, 6) is -2.62. The Bertz CT molecular complexity index is 368. The SMILES string of the molecule is CC1(C)OCC(CNC(=O)[C@@H]2CCC[C@@H]2C(=O)O)O1. The molecule has 1 heterocycles. The molecule has 0 aromatic heterocycles. The van der Waals surface area contributed by atoms with Gasteiger partial charge in [-0.25, -0.2) is 0 Å². The van der Waals surface area contributed by atoms with E-state index in [1.54, 1.807) is 0 Å². The van der Waals surface area contributed by atoms with E-state index in [0.717, 1.165) is 6.42 Å². The lowest BCUT2D eigenvalue weighted by atomic mass is 9.95. The number of carbonyl (C=O) groups is 2. The molecular formula is C13H21NO5. The fourth-order valence-corrected chi connectivity index (χ4v) is 2.78. The van der Waals surface area contributed by atoms with Crippen molar-refractivity contribution in [3.05, 3.63) is 0 Å². The maximum Gasteiger partial charge on any atom is 0.307 e. The lowest BCUT2D eigenvalue weighted by Crippen LogP contribution is -2.40. The Morgan fingerprint density at radius 2 is 2.00 bits per heavy atom. The lowest BCUT2D eigenvalue weighted by Gasteiger charge is -2.19. The first-order chi connectivity index (χ1) is 8.89. The molecule has 1 unspecified atom stereocenters. The smallest absolute Gasteiger partial charge is 0.307 e. The Balaban J connectivity index is 1.80. The second-order valence-electron chi connectivity index (χ2n) is 5.68. The molecule has 2 rings (SSSR count). The summed E-state index contributed by atoms with van der Waals surface area (Å²) in [6.07, 6.45) is 1.87. The van der Waals surface area contributed by atoms with Crippen molar-refractivity contribution in [1.29, 1.82) is 0 Å². The first-order valence-electron chi connectivity index (χ1n) is 6.71. The molecule has 1 saturated heterocycles. The monoisotopic (exact) mass is 271 g/mol. The molecule has 3 atom stereocenters. The highest BCUT2D eigenvalue weighted by molar-refractivity contribution is 5.85. The van der Waals surface area contributed by atoms with Crippen molar-refractivity contribution in [2.45, 2.75) is 45.0 Å². The van der Waals surface area contributed by atoms with E-state index in [-0.39, 0.29) is 12.0 Å². The minimum atomic E-state index is -0.876. The van der Waals surface area contributed by atoms with Gasteiger partial charge in [0, 0.05) is 6.54 Å². The third-order valence-electron chi connectivity index (χ3n) is 3.74. The minimum absolute atomic E-state index is 0.163. The number of carboxylic acid groups (broad SMARTS) is 1. The van der Waals surface area contributed by atoms with Crippen molar-refractivity contribution in [1.82, 2.24) is 5.32 Å². The maximum absolute atomic E-state index is 12.0. The van der Waals surface area contributed by atoms with Crippen LogP contribution in [-0.4, -0.2) is 42.0 Å². The molecule has 108 valence electrons. The highest BCUT2D eigenvalue weighted by atomic mass is 16.7. The van der Waals surface area contributed by atoms with Crippen LogP contribution in [0.4, 0.5) is 0 Å². The fourth-order valence-electron chi connectivity index (χ4n) is 2.78. The van der Waals surface area contributed by atoms with Gasteiger partial charge in [0.1, 0.15) is 6.10 Å². The summed E-state index contributed by atoms with van der Waals surface area (Å²) in [4.78, 5) is 23.0. The average molecular weight is 271 g/mol. The van der Waals surface area contributed by atoms with Gasteiger partial charge >= 0.3 is 5.97 Å². The van der Waals surface area contributed by atoms with Gasteiger partial charge in [-0.05, 0) is 26.7 Å². The van der Waals surface area contributed by atoms with Crippen molar-refractivity contribution >= 4 is 11.9 Å². The average Bonchev–Trinajstić information content (AvgIpc) is 2.92. The topological polar surface area (TPSA) is 84.9 Å². The molecule has 0 aromatic carbocycles. The second kappa shape index (κ2) is 5.46. The maximum atomic E-state index is 12.0. The van der Waals surface area contributed by atoms with Crippen LogP contribution >= 0.6 is 0 Å². The molecular weight excluding hydrogens is 250 g/mol. The predicted octanol–water partition coefficient (Wildman–Crippen LogP) is 0.755. The quantitative estimate of drug-likeness (QED) is 0.788. The Morgan fingerprint density at radius 1 is 1.32 bits per heavy atom. The summed E-state index contributed by atoms with van der Waals surface area (Å²) in [6.45, 7) is 4.46. The van der Waals surface area contributed by atoms with Gasteiger partial charge in [0.2, 0.25) is 5.91 Å². The Labute approximate surface area is 112 Å². The van der Waals surface area contributed by atoms with Crippen molar-refractivity contribution in [3.63, 3.8) is 0 Å². The van der Waals surface area contributed by atoms with Crippen molar-refractivity contribution < 1.29 is 24.2 Å². The van der Waals surface area contributed by atoms with E-state index in [1.807, 2.05) is 13.8 Å². The van der Waals surface area contributed by atoms with Gasteiger partial charge in [-0.3, -0.25) is 9.59 Å². The van der Waals surface area contributed by atoms with Crippen LogP contribution in [0.25, 0.3) is 0 Å². The van der Waals surface area contributed by atoms with Gasteiger partial charge < -0.3 is 19.9 Å². The Kier molecular flexibility index (Phi) is 4.10. The number of amides is 1. The molecule has 0 radical (unpaired) electrons. The third kappa shape index (κ3) is 3.45. The number of ether oxygens (including phenoxy) is 2. The van der Waals surface area contributed by atoms with Gasteiger partial charge in [-0.1, -0.05) is 6.42 Å². The van der Waals surface area contributed by atoms with Crippen LogP contribution < -0.4 is 5.32 Å². The van der Waals surface area contributed by atoms with Crippen molar-refractivity contribution in [3.8, 4) is 0 Å². The summed E-state index contributed by atoms with van der Waals surface area (Å²) in [5, 5.41) is 11.8. The summed E-state index contributed by atoms with van der Waals surface area (Å²) in [5.41, 5.74) is 0. The van der Waals surface area contributed by atoms with Crippen LogP contribution in [0.3, 0.4) is 0 Å². The van der Waals surface area contributed by atoms with Crippen LogP contribution in [0, 0.1) is 11.8 Å². The molecule has 2 fully saturated rings. The van der Waals surface area contributed by atoms with Gasteiger partial charge in [-0.15, -0.1) is 0 Å². The van der Waals surface area contributed by atoms with E-state index in [1.165, 1.54) is 0 Å². The highest BCUT2D eigenvalue weighted by Crippen LogP contribution is 2.32. The largest absolute Gasteiger partial charge is 0.481 e. The highest BCUT2D eigenvalue weighted by Gasteiger charge is 2.38. The van der Waals surface area contributed by atoms with E-state index >= 15 is 0 Å². The van der Waals surface area contributed by atoms with Crippen LogP contribution in [0.2, 0.25) is 0 Å². The van der Waals surface area contributed by atoms with Gasteiger partial charge in [-0.2, -0.15) is 0 Å². The molecule has 6 nitrogen and oxygen atoms in total. The Morgan fingerprint density at radius 3 is 2.58 bits per heavy atom. The zero-order valence-corrected chi connectivity index (χ0v) is 11.3. The van der Waals surface area contributed by atoms with Gasteiger partial charge in [0.05, 0.1) is 18.4 Å². The molecule has 1 aliphatic heterocycles. The fraction of sp³-hybridized carbons (Fsp3) is 0.846. The third-order valence-corrected chi connectivity index (χ3v) is 3.74. The van der Waals surface area contributed by atoms with Gasteiger partial charge in [0.15, 0.2) is 5.79 Å². The van der Waals surface area contributed by atoms with E-state index in [2.05, 4.69) is 5.32 Å². The number of nitrogens with one attached hydrogen (secondary N) is 1. The number of carbonyl (C=O) groups excluding carboxylic acids is 1. The molecule has 2 N–H and O–H groups in total. The molecule has 1 amide bonds. The number of rotatable bonds is 4. The second-order valence-corrected chi connectivity index (χ2v) is 5.68. The molecule has 1 saturated carbocycles. The van der Waals surface area contributed by atoms with Crippen LogP contribution in [0.5, 0.6) is 0 Å². The zero-order valence-electron chi connectivity index (χ0n) is 11.3. The molecule has 19 heavy (non-hydrogen) atoms. The standard InChI is InChI=1S/C13H21NO5/c1-13(2)18-7-8(19-13)6-14-11(15)9-4-3-5-10(9)12(16)17/h8-10H,3-7H2,1-2H3,(H,14,15)(H,16,17)/t8?,9-,10+/m1/s1. The minimum Gasteiger partial charge on any atom is -0.481 e. The molecule has 0 spiro atoms. The van der Waals surface area contributed by atoms with E-state index in [9.17, 15) is 9.59 Å². The molecule has 2 aliphatic rings. The van der Waals surface area contributed by atoms with Crippen molar-refractivity contribution in [2.24, 2.45) is 11.8 Å². The normalized spacial score (nSPS) is 33.3. The van der Waals surface area contributed by atoms with Crippen LogP contribution in [0.1, 0.15) is 33.1 Å².